The van der Waals surface area contributed by atoms with Crippen molar-refractivity contribution >= 4 is 0 Å². The molecule has 0 bridgehead atoms. The van der Waals surface area contributed by atoms with E-state index < -0.39 is 0 Å². The normalized spacial score (nSPS) is 23.1. The second-order valence-electron chi connectivity index (χ2n) is 5.55. The number of rotatable bonds is 5. The number of aromatic hydroxyl groups is 1. The van der Waals surface area contributed by atoms with Crippen molar-refractivity contribution in [2.24, 2.45) is 0 Å². The molecule has 1 aliphatic heterocycles. The zero-order valence-electron chi connectivity index (χ0n) is 11.0. The summed E-state index contributed by atoms with van der Waals surface area (Å²) in [5.74, 6) is 0.312. The molecule has 0 spiro atoms. The smallest absolute Gasteiger partial charge is 0.226 e. The third-order valence-corrected chi connectivity index (χ3v) is 3.91. The maximum absolute atomic E-state index is 11.4. The molecular formula is C14H20N2O3. The summed E-state index contributed by atoms with van der Waals surface area (Å²) in [5, 5.41) is 12.7. The van der Waals surface area contributed by atoms with E-state index in [0.29, 0.717) is 24.4 Å². The predicted octanol–water partition coefficient (Wildman–Crippen LogP) is 1.06. The van der Waals surface area contributed by atoms with Gasteiger partial charge in [0.1, 0.15) is 12.0 Å². The molecule has 104 valence electrons. The van der Waals surface area contributed by atoms with Gasteiger partial charge in [-0.25, -0.2) is 0 Å². The van der Waals surface area contributed by atoms with Gasteiger partial charge in [-0.2, -0.15) is 0 Å². The summed E-state index contributed by atoms with van der Waals surface area (Å²) in [6.45, 7) is 2.77. The van der Waals surface area contributed by atoms with Crippen LogP contribution in [0.5, 0.6) is 5.75 Å². The molecule has 1 aliphatic carbocycles. The first-order chi connectivity index (χ1) is 9.22. The average Bonchev–Trinajstić information content (AvgIpc) is 3.12. The van der Waals surface area contributed by atoms with Crippen molar-refractivity contribution in [3.05, 3.63) is 28.3 Å². The summed E-state index contributed by atoms with van der Waals surface area (Å²) >= 11 is 0. The van der Waals surface area contributed by atoms with Crippen LogP contribution in [0.3, 0.4) is 0 Å². The van der Waals surface area contributed by atoms with E-state index in [1.807, 2.05) is 0 Å². The van der Waals surface area contributed by atoms with Gasteiger partial charge in [0.2, 0.25) is 5.43 Å². The number of hydrogen-bond acceptors (Lipinski definition) is 5. The number of hydrogen-bond donors (Lipinski definition) is 2. The van der Waals surface area contributed by atoms with Crippen LogP contribution in [0.15, 0.2) is 21.5 Å². The van der Waals surface area contributed by atoms with Gasteiger partial charge in [-0.15, -0.1) is 0 Å². The first-order valence-electron chi connectivity index (χ1n) is 7.00. The fraction of sp³-hybridized carbons (Fsp3) is 0.643. The Hall–Kier alpha value is -1.33. The largest absolute Gasteiger partial charge is 0.502 e. The number of nitrogens with zero attached hydrogens (tertiary/aromatic N) is 1. The molecule has 0 radical (unpaired) electrons. The molecule has 2 aliphatic rings. The summed E-state index contributed by atoms with van der Waals surface area (Å²) in [6.07, 6.45) is 6.07. The van der Waals surface area contributed by atoms with E-state index in [1.54, 1.807) is 0 Å². The molecule has 0 amide bonds. The van der Waals surface area contributed by atoms with Gasteiger partial charge < -0.3 is 14.8 Å². The molecule has 1 unspecified atom stereocenters. The van der Waals surface area contributed by atoms with Crippen molar-refractivity contribution in [3.63, 3.8) is 0 Å². The van der Waals surface area contributed by atoms with Gasteiger partial charge >= 0.3 is 0 Å². The molecule has 5 nitrogen and oxygen atoms in total. The van der Waals surface area contributed by atoms with Crippen LogP contribution >= 0.6 is 0 Å². The highest BCUT2D eigenvalue weighted by molar-refractivity contribution is 5.15. The zero-order valence-corrected chi connectivity index (χ0v) is 11.0. The molecule has 19 heavy (non-hydrogen) atoms. The van der Waals surface area contributed by atoms with Crippen LogP contribution in [0.25, 0.3) is 0 Å². The van der Waals surface area contributed by atoms with Gasteiger partial charge in [0, 0.05) is 24.7 Å². The lowest BCUT2D eigenvalue weighted by Gasteiger charge is -2.24. The van der Waals surface area contributed by atoms with Crippen LogP contribution in [0.4, 0.5) is 0 Å². The van der Waals surface area contributed by atoms with E-state index in [4.69, 9.17) is 4.42 Å². The van der Waals surface area contributed by atoms with Crippen molar-refractivity contribution in [1.29, 1.82) is 0 Å². The van der Waals surface area contributed by atoms with Gasteiger partial charge in [0.25, 0.3) is 0 Å². The summed E-state index contributed by atoms with van der Waals surface area (Å²) < 4.78 is 5.30. The van der Waals surface area contributed by atoms with Crippen molar-refractivity contribution < 1.29 is 9.52 Å². The molecular weight excluding hydrogens is 244 g/mol. The highest BCUT2D eigenvalue weighted by Gasteiger charge is 2.31. The van der Waals surface area contributed by atoms with E-state index in [0.717, 1.165) is 19.4 Å². The van der Waals surface area contributed by atoms with E-state index in [-0.39, 0.29) is 11.2 Å². The second-order valence-corrected chi connectivity index (χ2v) is 5.55. The Morgan fingerprint density at radius 1 is 1.42 bits per heavy atom. The average molecular weight is 264 g/mol. The second kappa shape index (κ2) is 5.35. The van der Waals surface area contributed by atoms with Gasteiger partial charge in [-0.3, -0.25) is 9.69 Å². The van der Waals surface area contributed by atoms with Crippen LogP contribution in [0.2, 0.25) is 0 Å². The Bertz CT molecular complexity index is 490. The SMILES string of the molecule is O=c1cc(CN(CC2CCCN2)C2CC2)occ1O. The Labute approximate surface area is 112 Å². The fourth-order valence-corrected chi connectivity index (χ4v) is 2.70. The summed E-state index contributed by atoms with van der Waals surface area (Å²) in [5.41, 5.74) is -0.365. The standard InChI is InChI=1S/C14H20N2O3/c17-13-6-12(19-9-14(13)18)8-16(11-3-4-11)7-10-2-1-5-15-10/h6,9-11,15,18H,1-5,7-8H2. The Kier molecular flexibility index (Phi) is 3.57. The summed E-state index contributed by atoms with van der Waals surface area (Å²) in [4.78, 5) is 13.8. The maximum atomic E-state index is 11.4. The maximum Gasteiger partial charge on any atom is 0.226 e. The molecule has 1 aromatic rings. The van der Waals surface area contributed by atoms with Crippen LogP contribution in [-0.4, -0.2) is 35.2 Å². The van der Waals surface area contributed by atoms with E-state index in [9.17, 15) is 9.90 Å². The quantitative estimate of drug-likeness (QED) is 0.832. The lowest BCUT2D eigenvalue weighted by molar-refractivity contribution is 0.211. The Balaban J connectivity index is 1.66. The van der Waals surface area contributed by atoms with E-state index >= 15 is 0 Å². The van der Waals surface area contributed by atoms with Crippen LogP contribution in [-0.2, 0) is 6.54 Å². The molecule has 2 heterocycles. The van der Waals surface area contributed by atoms with Crippen molar-refractivity contribution in [2.75, 3.05) is 13.1 Å². The number of nitrogens with one attached hydrogen (secondary N) is 1. The van der Waals surface area contributed by atoms with E-state index in [1.165, 1.54) is 31.7 Å². The monoisotopic (exact) mass is 264 g/mol. The highest BCUT2D eigenvalue weighted by atomic mass is 16.4. The molecule has 3 rings (SSSR count). The van der Waals surface area contributed by atoms with Gasteiger partial charge in [-0.05, 0) is 32.2 Å². The fourth-order valence-electron chi connectivity index (χ4n) is 2.70. The third kappa shape index (κ3) is 3.16. The molecule has 1 saturated heterocycles. The van der Waals surface area contributed by atoms with Crippen LogP contribution in [0.1, 0.15) is 31.4 Å². The molecule has 1 saturated carbocycles. The minimum atomic E-state index is -0.365. The minimum Gasteiger partial charge on any atom is -0.502 e. The Morgan fingerprint density at radius 2 is 2.26 bits per heavy atom. The first-order valence-corrected chi connectivity index (χ1v) is 7.00. The Morgan fingerprint density at radius 3 is 2.89 bits per heavy atom. The first kappa shape index (κ1) is 12.7. The third-order valence-electron chi connectivity index (χ3n) is 3.91. The highest BCUT2D eigenvalue weighted by Crippen LogP contribution is 2.29. The predicted molar refractivity (Wildman–Crippen MR) is 71.1 cm³/mol. The molecule has 0 aromatic carbocycles. The summed E-state index contributed by atoms with van der Waals surface area (Å²) in [6, 6.07) is 2.58. The van der Waals surface area contributed by atoms with Crippen LogP contribution < -0.4 is 10.7 Å². The van der Waals surface area contributed by atoms with Gasteiger partial charge in [0.15, 0.2) is 5.75 Å². The van der Waals surface area contributed by atoms with Crippen molar-refractivity contribution in [2.45, 2.75) is 44.3 Å². The van der Waals surface area contributed by atoms with E-state index in [2.05, 4.69) is 10.2 Å². The molecule has 1 aromatic heterocycles. The minimum absolute atomic E-state index is 0.320. The van der Waals surface area contributed by atoms with Crippen LogP contribution in [0, 0.1) is 0 Å². The molecule has 2 N–H and O–H groups in total. The topological polar surface area (TPSA) is 65.7 Å². The molecule has 2 fully saturated rings. The molecule has 1 atom stereocenters. The molecule has 5 heteroatoms. The van der Waals surface area contributed by atoms with Crippen molar-refractivity contribution in [3.8, 4) is 5.75 Å². The van der Waals surface area contributed by atoms with Gasteiger partial charge in [0.05, 0.1) is 6.54 Å². The summed E-state index contributed by atoms with van der Waals surface area (Å²) in [7, 11) is 0. The lowest BCUT2D eigenvalue weighted by atomic mass is 10.2. The van der Waals surface area contributed by atoms with Gasteiger partial charge in [-0.1, -0.05) is 0 Å². The lowest BCUT2D eigenvalue weighted by Crippen LogP contribution is -2.38. The zero-order chi connectivity index (χ0) is 13.2. The van der Waals surface area contributed by atoms with Crippen molar-refractivity contribution in [1.82, 2.24) is 10.2 Å².